The first-order chi connectivity index (χ1) is 14.1. The lowest BCUT2D eigenvalue weighted by Crippen LogP contribution is -2.25. The minimum Gasteiger partial charge on any atom is -0.481 e. The predicted octanol–water partition coefficient (Wildman–Crippen LogP) is 3.60. The molecule has 3 N–H and O–H groups in total. The van der Waals surface area contributed by atoms with Crippen LogP contribution in [0.3, 0.4) is 0 Å². The SMILES string of the molecule is O=C(Nc1nc2ccc(CO)cc2n1C1CCC(C(=O)O)CC1)c1ccccc1. The number of carboxylic acids is 1. The number of hydrogen-bond donors (Lipinski definition) is 3. The third-order valence-corrected chi connectivity index (χ3v) is 5.61. The topological polar surface area (TPSA) is 104 Å². The summed E-state index contributed by atoms with van der Waals surface area (Å²) in [7, 11) is 0. The average Bonchev–Trinajstić information content (AvgIpc) is 3.11. The molecular weight excluding hydrogens is 370 g/mol. The van der Waals surface area contributed by atoms with E-state index in [0.717, 1.165) is 16.6 Å². The molecule has 4 rings (SSSR count). The second kappa shape index (κ2) is 8.05. The Bertz CT molecular complexity index is 1040. The highest BCUT2D eigenvalue weighted by Gasteiger charge is 2.29. The van der Waals surface area contributed by atoms with E-state index in [1.165, 1.54) is 0 Å². The minimum absolute atomic E-state index is 0.0376. The smallest absolute Gasteiger partial charge is 0.306 e. The number of carbonyl (C=O) groups excluding carboxylic acids is 1. The van der Waals surface area contributed by atoms with Crippen LogP contribution in [0.4, 0.5) is 5.95 Å². The van der Waals surface area contributed by atoms with Gasteiger partial charge in [-0.15, -0.1) is 0 Å². The number of nitrogens with one attached hydrogen (secondary N) is 1. The maximum Gasteiger partial charge on any atom is 0.306 e. The van der Waals surface area contributed by atoms with Crippen molar-refractivity contribution in [2.75, 3.05) is 5.32 Å². The molecule has 0 bridgehead atoms. The molecule has 0 aliphatic heterocycles. The zero-order valence-electron chi connectivity index (χ0n) is 15.9. The standard InChI is InChI=1S/C22H23N3O4/c26-13-14-6-11-18-19(12-14)25(17-9-7-16(8-10-17)21(28)29)22(23-18)24-20(27)15-4-2-1-3-5-15/h1-6,11-12,16-17,26H,7-10,13H2,(H,28,29)(H,23,24,27). The molecule has 1 amide bonds. The van der Waals surface area contributed by atoms with Crippen molar-refractivity contribution in [3.63, 3.8) is 0 Å². The van der Waals surface area contributed by atoms with E-state index in [-0.39, 0.29) is 24.5 Å². The van der Waals surface area contributed by atoms with Crippen molar-refractivity contribution in [2.24, 2.45) is 5.92 Å². The molecule has 7 heteroatoms. The van der Waals surface area contributed by atoms with Crippen LogP contribution < -0.4 is 5.32 Å². The number of imidazole rings is 1. The summed E-state index contributed by atoms with van der Waals surface area (Å²) in [5.41, 5.74) is 2.86. The molecule has 1 aliphatic carbocycles. The molecule has 1 aliphatic rings. The number of aliphatic hydroxyl groups excluding tert-OH is 1. The molecule has 0 atom stereocenters. The fourth-order valence-electron chi connectivity index (χ4n) is 4.04. The first-order valence-corrected chi connectivity index (χ1v) is 9.77. The number of benzene rings is 2. The van der Waals surface area contributed by atoms with Gasteiger partial charge in [0.15, 0.2) is 0 Å². The first kappa shape index (κ1) is 19.1. The number of aromatic nitrogens is 2. The number of rotatable bonds is 5. The number of fused-ring (bicyclic) bond motifs is 1. The highest BCUT2D eigenvalue weighted by molar-refractivity contribution is 6.04. The van der Waals surface area contributed by atoms with Crippen molar-refractivity contribution >= 4 is 28.9 Å². The number of carbonyl (C=O) groups is 2. The maximum absolute atomic E-state index is 12.7. The lowest BCUT2D eigenvalue weighted by molar-refractivity contribution is -0.143. The van der Waals surface area contributed by atoms with Gasteiger partial charge in [0.05, 0.1) is 23.6 Å². The lowest BCUT2D eigenvalue weighted by atomic mass is 9.86. The number of nitrogens with zero attached hydrogens (tertiary/aromatic N) is 2. The van der Waals surface area contributed by atoms with Gasteiger partial charge in [-0.25, -0.2) is 4.98 Å². The maximum atomic E-state index is 12.7. The zero-order chi connectivity index (χ0) is 20.4. The third-order valence-electron chi connectivity index (χ3n) is 5.61. The summed E-state index contributed by atoms with van der Waals surface area (Å²) < 4.78 is 1.99. The number of aliphatic hydroxyl groups is 1. The summed E-state index contributed by atoms with van der Waals surface area (Å²) in [4.78, 5) is 28.6. The molecule has 0 unspecified atom stereocenters. The van der Waals surface area contributed by atoms with Crippen LogP contribution in [0.15, 0.2) is 48.5 Å². The summed E-state index contributed by atoms with van der Waals surface area (Å²) in [6, 6.07) is 14.5. The molecule has 2 aromatic carbocycles. The monoisotopic (exact) mass is 393 g/mol. The molecular formula is C22H23N3O4. The molecule has 0 radical (unpaired) electrons. The molecule has 1 heterocycles. The van der Waals surface area contributed by atoms with E-state index in [0.29, 0.717) is 37.2 Å². The van der Waals surface area contributed by atoms with Crippen molar-refractivity contribution in [2.45, 2.75) is 38.3 Å². The molecule has 1 fully saturated rings. The molecule has 0 saturated heterocycles. The van der Waals surface area contributed by atoms with Crippen LogP contribution in [0.1, 0.15) is 47.6 Å². The van der Waals surface area contributed by atoms with E-state index in [9.17, 15) is 19.8 Å². The van der Waals surface area contributed by atoms with Gasteiger partial charge in [0.25, 0.3) is 5.91 Å². The zero-order valence-corrected chi connectivity index (χ0v) is 15.9. The summed E-state index contributed by atoms with van der Waals surface area (Å²) >= 11 is 0. The van der Waals surface area contributed by atoms with Gasteiger partial charge in [0.1, 0.15) is 0 Å². The largest absolute Gasteiger partial charge is 0.481 e. The number of amides is 1. The van der Waals surface area contributed by atoms with E-state index in [1.807, 2.05) is 28.8 Å². The van der Waals surface area contributed by atoms with Crippen molar-refractivity contribution in [3.05, 3.63) is 59.7 Å². The Morgan fingerprint density at radius 2 is 1.79 bits per heavy atom. The number of carboxylic acid groups (broad SMARTS) is 1. The van der Waals surface area contributed by atoms with Gasteiger partial charge in [0.2, 0.25) is 5.95 Å². The summed E-state index contributed by atoms with van der Waals surface area (Å²) in [5, 5.41) is 21.7. The van der Waals surface area contributed by atoms with Crippen molar-refractivity contribution in [1.82, 2.24) is 9.55 Å². The van der Waals surface area contributed by atoms with Crippen molar-refractivity contribution in [1.29, 1.82) is 0 Å². The number of anilines is 1. The highest BCUT2D eigenvalue weighted by atomic mass is 16.4. The van der Waals surface area contributed by atoms with Crippen LogP contribution in [0.25, 0.3) is 11.0 Å². The number of hydrogen-bond acceptors (Lipinski definition) is 4. The molecule has 3 aromatic rings. The highest BCUT2D eigenvalue weighted by Crippen LogP contribution is 2.37. The van der Waals surface area contributed by atoms with Crippen LogP contribution >= 0.6 is 0 Å². The predicted molar refractivity (Wildman–Crippen MR) is 109 cm³/mol. The van der Waals surface area contributed by atoms with Gasteiger partial charge in [-0.1, -0.05) is 24.3 Å². The Labute approximate surface area is 168 Å². The molecule has 1 saturated carbocycles. The van der Waals surface area contributed by atoms with E-state index < -0.39 is 5.97 Å². The van der Waals surface area contributed by atoms with Crippen molar-refractivity contribution in [3.8, 4) is 0 Å². The molecule has 29 heavy (non-hydrogen) atoms. The quantitative estimate of drug-likeness (QED) is 0.614. The van der Waals surface area contributed by atoms with Gasteiger partial charge < -0.3 is 14.8 Å². The minimum atomic E-state index is -0.751. The van der Waals surface area contributed by atoms with Crippen LogP contribution in [-0.4, -0.2) is 31.6 Å². The van der Waals surface area contributed by atoms with E-state index in [2.05, 4.69) is 10.3 Å². The summed E-state index contributed by atoms with van der Waals surface area (Å²) in [5.74, 6) is -0.873. The van der Waals surface area contributed by atoms with Crippen LogP contribution in [0, 0.1) is 5.92 Å². The van der Waals surface area contributed by atoms with Crippen LogP contribution in [-0.2, 0) is 11.4 Å². The van der Waals surface area contributed by atoms with E-state index in [4.69, 9.17) is 0 Å². The Kier molecular flexibility index (Phi) is 5.31. The normalized spacial score (nSPS) is 19.2. The van der Waals surface area contributed by atoms with Crippen LogP contribution in [0.2, 0.25) is 0 Å². The fraction of sp³-hybridized carbons (Fsp3) is 0.318. The average molecular weight is 393 g/mol. The molecule has 7 nitrogen and oxygen atoms in total. The Balaban J connectivity index is 1.71. The first-order valence-electron chi connectivity index (χ1n) is 9.77. The Hall–Kier alpha value is -3.19. The van der Waals surface area contributed by atoms with Gasteiger partial charge in [-0.2, -0.15) is 0 Å². The molecule has 150 valence electrons. The lowest BCUT2D eigenvalue weighted by Gasteiger charge is -2.28. The number of aliphatic carboxylic acids is 1. The fourth-order valence-corrected chi connectivity index (χ4v) is 4.04. The van der Waals surface area contributed by atoms with Crippen LogP contribution in [0.5, 0.6) is 0 Å². The van der Waals surface area contributed by atoms with Gasteiger partial charge in [0, 0.05) is 11.6 Å². The molecule has 1 aromatic heterocycles. The Morgan fingerprint density at radius 1 is 1.07 bits per heavy atom. The second-order valence-electron chi connectivity index (χ2n) is 7.45. The summed E-state index contributed by atoms with van der Waals surface area (Å²) in [6.07, 6.45) is 2.57. The Morgan fingerprint density at radius 3 is 2.45 bits per heavy atom. The molecule has 0 spiro atoms. The van der Waals surface area contributed by atoms with Gasteiger partial charge in [-0.3, -0.25) is 14.9 Å². The third kappa shape index (κ3) is 3.86. The van der Waals surface area contributed by atoms with E-state index >= 15 is 0 Å². The van der Waals surface area contributed by atoms with E-state index in [1.54, 1.807) is 24.3 Å². The van der Waals surface area contributed by atoms with Gasteiger partial charge >= 0.3 is 5.97 Å². The second-order valence-corrected chi connectivity index (χ2v) is 7.45. The summed E-state index contributed by atoms with van der Waals surface area (Å²) in [6.45, 7) is -0.0847. The van der Waals surface area contributed by atoms with Crippen molar-refractivity contribution < 1.29 is 19.8 Å². The van der Waals surface area contributed by atoms with Gasteiger partial charge in [-0.05, 0) is 55.5 Å².